The first-order valence-corrected chi connectivity index (χ1v) is 10.8. The summed E-state index contributed by atoms with van der Waals surface area (Å²) in [7, 11) is 1.95. The average Bonchev–Trinajstić information content (AvgIpc) is 3.33. The van der Waals surface area contributed by atoms with Gasteiger partial charge in [-0.15, -0.1) is 22.0 Å². The number of rotatable bonds is 8. The minimum atomic E-state index is 0.257. The quantitative estimate of drug-likeness (QED) is 0.295. The van der Waals surface area contributed by atoms with Crippen molar-refractivity contribution in [2.45, 2.75) is 37.3 Å². The van der Waals surface area contributed by atoms with Crippen LogP contribution in [0.5, 0.6) is 0 Å². The minimum Gasteiger partial charge on any atom is -0.376 e. The smallest absolute Gasteiger partial charge is 0.191 e. The van der Waals surface area contributed by atoms with Gasteiger partial charge in [-0.1, -0.05) is 11.6 Å². The summed E-state index contributed by atoms with van der Waals surface area (Å²) in [4.78, 5) is 5.87. The number of aromatic nitrogens is 3. The van der Waals surface area contributed by atoms with E-state index < -0.39 is 0 Å². The minimum absolute atomic E-state index is 0.257. The van der Waals surface area contributed by atoms with E-state index in [9.17, 15) is 0 Å². The normalized spacial score (nSPS) is 17.1. The van der Waals surface area contributed by atoms with E-state index in [0.717, 1.165) is 60.9 Å². The Kier molecular flexibility index (Phi) is 8.00. The molecule has 0 aliphatic carbocycles. The summed E-state index contributed by atoms with van der Waals surface area (Å²) in [6.45, 7) is 4.81. The summed E-state index contributed by atoms with van der Waals surface area (Å²) in [5.74, 6) is 3.41. The SMILES string of the molecule is Cc1nnc(CN=C(NCCSc2ccc(Cl)cc2)NCC2CCCO2)n1C. The molecule has 1 aromatic heterocycles. The molecule has 152 valence electrons. The second-order valence-corrected chi connectivity index (χ2v) is 8.24. The molecule has 3 rings (SSSR count). The van der Waals surface area contributed by atoms with Gasteiger partial charge in [-0.3, -0.25) is 0 Å². The van der Waals surface area contributed by atoms with Gasteiger partial charge < -0.3 is 19.9 Å². The van der Waals surface area contributed by atoms with E-state index in [1.165, 1.54) is 4.90 Å². The topological polar surface area (TPSA) is 76.4 Å². The summed E-state index contributed by atoms with van der Waals surface area (Å²) in [5.41, 5.74) is 0. The van der Waals surface area contributed by atoms with E-state index in [2.05, 4.69) is 25.8 Å². The first kappa shape index (κ1) is 21.0. The molecule has 0 bridgehead atoms. The Morgan fingerprint density at radius 1 is 1.32 bits per heavy atom. The van der Waals surface area contributed by atoms with Crippen LogP contribution in [0, 0.1) is 6.92 Å². The van der Waals surface area contributed by atoms with Gasteiger partial charge in [0, 0.05) is 42.4 Å². The lowest BCUT2D eigenvalue weighted by Gasteiger charge is -2.15. The van der Waals surface area contributed by atoms with Crippen molar-refractivity contribution in [1.82, 2.24) is 25.4 Å². The Balaban J connectivity index is 1.51. The van der Waals surface area contributed by atoms with Crippen molar-refractivity contribution in [3.05, 3.63) is 40.9 Å². The van der Waals surface area contributed by atoms with Gasteiger partial charge in [-0.2, -0.15) is 0 Å². The molecule has 28 heavy (non-hydrogen) atoms. The third kappa shape index (κ3) is 6.39. The molecule has 2 heterocycles. The molecule has 2 N–H and O–H groups in total. The van der Waals surface area contributed by atoms with Gasteiger partial charge in [0.05, 0.1) is 6.10 Å². The second kappa shape index (κ2) is 10.7. The molecule has 1 aliphatic rings. The highest BCUT2D eigenvalue weighted by atomic mass is 35.5. The highest BCUT2D eigenvalue weighted by molar-refractivity contribution is 7.99. The third-order valence-electron chi connectivity index (χ3n) is 4.56. The van der Waals surface area contributed by atoms with E-state index in [4.69, 9.17) is 16.3 Å². The Hall–Kier alpha value is -1.77. The Morgan fingerprint density at radius 3 is 2.82 bits per heavy atom. The first-order chi connectivity index (χ1) is 13.6. The van der Waals surface area contributed by atoms with Crippen LogP contribution in [-0.2, 0) is 18.3 Å². The number of nitrogens with one attached hydrogen (secondary N) is 2. The van der Waals surface area contributed by atoms with E-state index in [1.807, 2.05) is 42.8 Å². The zero-order chi connectivity index (χ0) is 19.8. The Labute approximate surface area is 175 Å². The van der Waals surface area contributed by atoms with Crippen molar-refractivity contribution in [2.24, 2.45) is 12.0 Å². The van der Waals surface area contributed by atoms with Crippen molar-refractivity contribution < 1.29 is 4.74 Å². The second-order valence-electron chi connectivity index (χ2n) is 6.63. The van der Waals surface area contributed by atoms with Gasteiger partial charge in [0.15, 0.2) is 11.8 Å². The Bertz CT molecular complexity index is 773. The fraction of sp³-hybridized carbons (Fsp3) is 0.526. The van der Waals surface area contributed by atoms with Crippen molar-refractivity contribution in [3.8, 4) is 0 Å². The first-order valence-electron chi connectivity index (χ1n) is 9.49. The molecule has 1 fully saturated rings. The lowest BCUT2D eigenvalue weighted by atomic mass is 10.2. The number of hydrogen-bond donors (Lipinski definition) is 2. The molecule has 1 aliphatic heterocycles. The highest BCUT2D eigenvalue weighted by Gasteiger charge is 2.15. The number of aliphatic imine (C=N–C) groups is 1. The maximum atomic E-state index is 5.93. The molecule has 0 amide bonds. The zero-order valence-electron chi connectivity index (χ0n) is 16.3. The summed E-state index contributed by atoms with van der Waals surface area (Å²) in [6.07, 6.45) is 2.48. The molecule has 0 saturated carbocycles. The van der Waals surface area contributed by atoms with Gasteiger partial charge in [0.2, 0.25) is 0 Å². The number of nitrogens with zero attached hydrogens (tertiary/aromatic N) is 4. The van der Waals surface area contributed by atoms with Gasteiger partial charge >= 0.3 is 0 Å². The molecular formula is C19H27ClN6OS. The summed E-state index contributed by atoms with van der Waals surface area (Å²) in [5, 5.41) is 15.8. The molecular weight excluding hydrogens is 396 g/mol. The van der Waals surface area contributed by atoms with Gasteiger partial charge in [-0.05, 0) is 44.0 Å². The number of thioether (sulfide) groups is 1. The highest BCUT2D eigenvalue weighted by Crippen LogP contribution is 2.19. The third-order valence-corrected chi connectivity index (χ3v) is 5.83. The maximum absolute atomic E-state index is 5.93. The van der Waals surface area contributed by atoms with E-state index in [-0.39, 0.29) is 6.10 Å². The summed E-state index contributed by atoms with van der Waals surface area (Å²) >= 11 is 7.71. The molecule has 1 atom stereocenters. The number of aryl methyl sites for hydroxylation is 1. The van der Waals surface area contributed by atoms with Gasteiger partial charge in [0.25, 0.3) is 0 Å². The molecule has 1 aromatic carbocycles. The molecule has 0 spiro atoms. The maximum Gasteiger partial charge on any atom is 0.191 e. The van der Waals surface area contributed by atoms with Crippen LogP contribution in [0.1, 0.15) is 24.5 Å². The van der Waals surface area contributed by atoms with Crippen LogP contribution in [0.15, 0.2) is 34.2 Å². The van der Waals surface area contributed by atoms with E-state index in [0.29, 0.717) is 6.54 Å². The van der Waals surface area contributed by atoms with Crippen LogP contribution in [0.2, 0.25) is 5.02 Å². The zero-order valence-corrected chi connectivity index (χ0v) is 17.9. The molecule has 2 aromatic rings. The molecule has 9 heteroatoms. The lowest BCUT2D eigenvalue weighted by Crippen LogP contribution is -2.42. The fourth-order valence-electron chi connectivity index (χ4n) is 2.80. The van der Waals surface area contributed by atoms with Crippen LogP contribution in [0.3, 0.4) is 0 Å². The number of guanidine groups is 1. The van der Waals surface area contributed by atoms with Crippen molar-refractivity contribution >= 4 is 29.3 Å². The Morgan fingerprint density at radius 2 is 2.14 bits per heavy atom. The van der Waals surface area contributed by atoms with E-state index in [1.54, 1.807) is 11.8 Å². The van der Waals surface area contributed by atoms with Crippen molar-refractivity contribution in [1.29, 1.82) is 0 Å². The molecule has 0 radical (unpaired) electrons. The van der Waals surface area contributed by atoms with Crippen molar-refractivity contribution in [2.75, 3.05) is 25.4 Å². The monoisotopic (exact) mass is 422 g/mol. The van der Waals surface area contributed by atoms with Crippen molar-refractivity contribution in [3.63, 3.8) is 0 Å². The lowest BCUT2D eigenvalue weighted by molar-refractivity contribution is 0.114. The summed E-state index contributed by atoms with van der Waals surface area (Å²) in [6, 6.07) is 7.90. The van der Waals surface area contributed by atoms with Gasteiger partial charge in [-0.25, -0.2) is 4.99 Å². The van der Waals surface area contributed by atoms with E-state index >= 15 is 0 Å². The number of ether oxygens (including phenoxy) is 1. The predicted molar refractivity (Wildman–Crippen MR) is 114 cm³/mol. The average molecular weight is 423 g/mol. The number of benzene rings is 1. The predicted octanol–water partition coefficient (Wildman–Crippen LogP) is 2.78. The van der Waals surface area contributed by atoms with Crippen LogP contribution in [0.25, 0.3) is 0 Å². The fourth-order valence-corrected chi connectivity index (χ4v) is 3.69. The number of halogens is 1. The molecule has 1 saturated heterocycles. The molecule has 7 nitrogen and oxygen atoms in total. The van der Waals surface area contributed by atoms with Crippen LogP contribution < -0.4 is 10.6 Å². The van der Waals surface area contributed by atoms with Crippen LogP contribution in [-0.4, -0.2) is 52.3 Å². The van der Waals surface area contributed by atoms with Gasteiger partial charge in [0.1, 0.15) is 12.4 Å². The molecule has 1 unspecified atom stereocenters. The van der Waals surface area contributed by atoms with Crippen LogP contribution in [0.4, 0.5) is 0 Å². The standard InChI is InChI=1S/C19H27ClN6OS/c1-14-24-25-18(26(14)2)13-23-19(22-12-16-4-3-10-27-16)21-9-11-28-17-7-5-15(20)6-8-17/h5-8,16H,3-4,9-13H2,1-2H3,(H2,21,22,23). The summed E-state index contributed by atoms with van der Waals surface area (Å²) < 4.78 is 7.65. The van der Waals surface area contributed by atoms with Crippen LogP contribution >= 0.6 is 23.4 Å². The largest absolute Gasteiger partial charge is 0.376 e. The number of hydrogen-bond acceptors (Lipinski definition) is 5.